The van der Waals surface area contributed by atoms with Gasteiger partial charge in [0.2, 0.25) is 5.95 Å². The maximum absolute atomic E-state index is 12.3. The van der Waals surface area contributed by atoms with Crippen LogP contribution in [0.15, 0.2) is 60.8 Å². The molecule has 0 radical (unpaired) electrons. The van der Waals surface area contributed by atoms with E-state index in [1.165, 1.54) is 12.3 Å². The second-order valence-electron chi connectivity index (χ2n) is 5.09. The third kappa shape index (κ3) is 4.45. The van der Waals surface area contributed by atoms with Crippen LogP contribution in [0.3, 0.4) is 0 Å². The highest BCUT2D eigenvalue weighted by molar-refractivity contribution is 6.30. The molecule has 0 saturated carbocycles. The molecule has 3 aromatic rings. The summed E-state index contributed by atoms with van der Waals surface area (Å²) >= 11 is 5.92. The molecule has 0 aliphatic rings. The lowest BCUT2D eigenvalue weighted by molar-refractivity contribution is 0.102. The Morgan fingerprint density at radius 3 is 2.68 bits per heavy atom. The standard InChI is InChI=1S/C18H15ClN4O2/c1-25-15-7-3-6-14(11-15)22-18-20-9-8-16(23-18)17(24)21-13-5-2-4-12(19)10-13/h2-11H,1H3,(H,21,24)(H,20,22,23). The molecule has 0 aliphatic carbocycles. The fourth-order valence-electron chi connectivity index (χ4n) is 2.14. The minimum Gasteiger partial charge on any atom is -0.497 e. The largest absolute Gasteiger partial charge is 0.497 e. The van der Waals surface area contributed by atoms with Gasteiger partial charge in [0.15, 0.2) is 0 Å². The van der Waals surface area contributed by atoms with Crippen molar-refractivity contribution in [3.63, 3.8) is 0 Å². The van der Waals surface area contributed by atoms with Crippen LogP contribution in [0.5, 0.6) is 5.75 Å². The van der Waals surface area contributed by atoms with E-state index in [1.54, 1.807) is 31.4 Å². The first kappa shape index (κ1) is 16.7. The molecular formula is C18H15ClN4O2. The van der Waals surface area contributed by atoms with Crippen LogP contribution < -0.4 is 15.4 Å². The van der Waals surface area contributed by atoms with E-state index < -0.39 is 0 Å². The van der Waals surface area contributed by atoms with E-state index >= 15 is 0 Å². The third-order valence-corrected chi connectivity index (χ3v) is 3.53. The van der Waals surface area contributed by atoms with Gasteiger partial charge in [-0.1, -0.05) is 23.7 Å². The molecule has 0 atom stereocenters. The zero-order valence-electron chi connectivity index (χ0n) is 13.4. The number of carbonyl (C=O) groups is 1. The van der Waals surface area contributed by atoms with Gasteiger partial charge in [0.05, 0.1) is 7.11 Å². The molecule has 0 unspecified atom stereocenters. The van der Waals surface area contributed by atoms with Crippen molar-refractivity contribution in [3.8, 4) is 5.75 Å². The van der Waals surface area contributed by atoms with Gasteiger partial charge < -0.3 is 15.4 Å². The molecule has 6 nitrogen and oxygen atoms in total. The van der Waals surface area contributed by atoms with E-state index in [9.17, 15) is 4.79 Å². The lowest BCUT2D eigenvalue weighted by Gasteiger charge is -2.08. The summed E-state index contributed by atoms with van der Waals surface area (Å²) in [5.74, 6) is 0.671. The number of amides is 1. The van der Waals surface area contributed by atoms with Crippen LogP contribution in [0.1, 0.15) is 10.5 Å². The summed E-state index contributed by atoms with van der Waals surface area (Å²) in [7, 11) is 1.59. The van der Waals surface area contributed by atoms with Crippen LogP contribution in [0.4, 0.5) is 17.3 Å². The normalized spacial score (nSPS) is 10.2. The molecule has 2 aromatic carbocycles. The molecule has 0 spiro atoms. The van der Waals surface area contributed by atoms with Crippen LogP contribution in [0.2, 0.25) is 5.02 Å². The number of ether oxygens (including phenoxy) is 1. The minimum absolute atomic E-state index is 0.236. The molecule has 0 aliphatic heterocycles. The summed E-state index contributed by atoms with van der Waals surface area (Å²) in [6, 6.07) is 15.8. The van der Waals surface area contributed by atoms with Gasteiger partial charge in [-0.25, -0.2) is 9.97 Å². The third-order valence-electron chi connectivity index (χ3n) is 3.30. The molecular weight excluding hydrogens is 340 g/mol. The van der Waals surface area contributed by atoms with Crippen LogP contribution in [-0.4, -0.2) is 23.0 Å². The van der Waals surface area contributed by atoms with Crippen molar-refractivity contribution >= 4 is 34.8 Å². The maximum Gasteiger partial charge on any atom is 0.274 e. The monoisotopic (exact) mass is 354 g/mol. The van der Waals surface area contributed by atoms with Gasteiger partial charge in [-0.05, 0) is 36.4 Å². The maximum atomic E-state index is 12.3. The van der Waals surface area contributed by atoms with Crippen molar-refractivity contribution in [1.29, 1.82) is 0 Å². The van der Waals surface area contributed by atoms with Crippen LogP contribution in [0.25, 0.3) is 0 Å². The molecule has 7 heteroatoms. The van der Waals surface area contributed by atoms with Gasteiger partial charge in [0.1, 0.15) is 11.4 Å². The Morgan fingerprint density at radius 1 is 1.08 bits per heavy atom. The molecule has 0 bridgehead atoms. The minimum atomic E-state index is -0.349. The van der Waals surface area contributed by atoms with Crippen LogP contribution in [0, 0.1) is 0 Å². The summed E-state index contributed by atoms with van der Waals surface area (Å²) in [5.41, 5.74) is 1.59. The molecule has 0 fully saturated rings. The van der Waals surface area contributed by atoms with E-state index in [0.717, 1.165) is 5.69 Å². The van der Waals surface area contributed by atoms with Crippen molar-refractivity contribution in [2.45, 2.75) is 0 Å². The average Bonchev–Trinajstić information content (AvgIpc) is 2.62. The number of methoxy groups -OCH3 is 1. The number of halogens is 1. The van der Waals surface area contributed by atoms with Crippen LogP contribution in [-0.2, 0) is 0 Å². The highest BCUT2D eigenvalue weighted by atomic mass is 35.5. The highest BCUT2D eigenvalue weighted by Gasteiger charge is 2.10. The number of benzene rings is 2. The zero-order chi connectivity index (χ0) is 17.6. The van der Waals surface area contributed by atoms with Gasteiger partial charge in [-0.2, -0.15) is 0 Å². The second kappa shape index (κ2) is 7.63. The fourth-order valence-corrected chi connectivity index (χ4v) is 2.33. The first-order valence-corrected chi connectivity index (χ1v) is 7.83. The second-order valence-corrected chi connectivity index (χ2v) is 5.52. The number of anilines is 3. The van der Waals surface area contributed by atoms with Crippen molar-refractivity contribution in [1.82, 2.24) is 9.97 Å². The van der Waals surface area contributed by atoms with Crippen molar-refractivity contribution in [3.05, 3.63) is 71.5 Å². The Balaban J connectivity index is 1.75. The summed E-state index contributed by atoms with van der Waals surface area (Å²) in [6.45, 7) is 0. The summed E-state index contributed by atoms with van der Waals surface area (Å²) in [5, 5.41) is 6.33. The van der Waals surface area contributed by atoms with Gasteiger partial charge in [0, 0.05) is 28.7 Å². The molecule has 1 heterocycles. The first-order chi connectivity index (χ1) is 12.1. The Labute approximate surface area is 149 Å². The molecule has 2 N–H and O–H groups in total. The Morgan fingerprint density at radius 2 is 1.88 bits per heavy atom. The Kier molecular flexibility index (Phi) is 5.11. The summed E-state index contributed by atoms with van der Waals surface area (Å²) in [4.78, 5) is 20.7. The van der Waals surface area contributed by atoms with E-state index in [1.807, 2.05) is 24.3 Å². The van der Waals surface area contributed by atoms with E-state index in [0.29, 0.717) is 22.4 Å². The topological polar surface area (TPSA) is 76.1 Å². The molecule has 126 valence electrons. The number of carbonyl (C=O) groups excluding carboxylic acids is 1. The number of aromatic nitrogens is 2. The summed E-state index contributed by atoms with van der Waals surface area (Å²) < 4.78 is 5.17. The molecule has 0 saturated heterocycles. The number of nitrogens with one attached hydrogen (secondary N) is 2. The van der Waals surface area contributed by atoms with Gasteiger partial charge in [-0.15, -0.1) is 0 Å². The molecule has 1 amide bonds. The number of nitrogens with zero attached hydrogens (tertiary/aromatic N) is 2. The predicted octanol–water partition coefficient (Wildman–Crippen LogP) is 4.13. The fraction of sp³-hybridized carbons (Fsp3) is 0.0556. The predicted molar refractivity (Wildman–Crippen MR) is 97.7 cm³/mol. The van der Waals surface area contributed by atoms with Gasteiger partial charge in [-0.3, -0.25) is 4.79 Å². The average molecular weight is 355 g/mol. The lowest BCUT2D eigenvalue weighted by atomic mass is 10.3. The van der Waals surface area contributed by atoms with E-state index in [-0.39, 0.29) is 11.6 Å². The lowest BCUT2D eigenvalue weighted by Crippen LogP contribution is -2.14. The van der Waals surface area contributed by atoms with E-state index in [4.69, 9.17) is 16.3 Å². The number of rotatable bonds is 5. The van der Waals surface area contributed by atoms with Gasteiger partial charge >= 0.3 is 0 Å². The quantitative estimate of drug-likeness (QED) is 0.720. The van der Waals surface area contributed by atoms with E-state index in [2.05, 4.69) is 20.6 Å². The Hall–Kier alpha value is -3.12. The zero-order valence-corrected chi connectivity index (χ0v) is 14.1. The van der Waals surface area contributed by atoms with Gasteiger partial charge in [0.25, 0.3) is 5.91 Å². The number of hydrogen-bond donors (Lipinski definition) is 2. The SMILES string of the molecule is COc1cccc(Nc2nccc(C(=O)Nc3cccc(Cl)c3)n2)c1. The molecule has 3 rings (SSSR count). The van der Waals surface area contributed by atoms with Crippen LogP contribution >= 0.6 is 11.6 Å². The number of hydrogen-bond acceptors (Lipinski definition) is 5. The molecule has 1 aromatic heterocycles. The smallest absolute Gasteiger partial charge is 0.274 e. The van der Waals surface area contributed by atoms with Crippen molar-refractivity contribution in [2.24, 2.45) is 0 Å². The summed E-state index contributed by atoms with van der Waals surface area (Å²) in [6.07, 6.45) is 1.52. The van der Waals surface area contributed by atoms with Crippen molar-refractivity contribution in [2.75, 3.05) is 17.7 Å². The van der Waals surface area contributed by atoms with Crippen molar-refractivity contribution < 1.29 is 9.53 Å². The first-order valence-electron chi connectivity index (χ1n) is 7.45. The molecule has 25 heavy (non-hydrogen) atoms. The highest BCUT2D eigenvalue weighted by Crippen LogP contribution is 2.20. The Bertz CT molecular complexity index is 902.